The highest BCUT2D eigenvalue weighted by Gasteiger charge is 1.65. The molecule has 0 amide bonds. The van der Waals surface area contributed by atoms with Crippen LogP contribution in [0.1, 0.15) is 0 Å². The Kier molecular flexibility index (Phi) is 4.50. The molecule has 1 aromatic rings. The van der Waals surface area contributed by atoms with Crippen LogP contribution in [-0.4, -0.2) is 4.98 Å². The summed E-state index contributed by atoms with van der Waals surface area (Å²) in [4.78, 5) is 7.11. The molecule has 0 aromatic carbocycles. The van der Waals surface area contributed by atoms with Crippen LogP contribution in [0.15, 0.2) is 18.7 Å². The fourth-order valence-electron chi connectivity index (χ4n) is 0.241. The molecule has 1 rings (SSSR count). The molecule has 1 heterocycles. The van der Waals surface area contributed by atoms with E-state index in [2.05, 4.69) is 9.97 Å². The molecule has 1 aromatic heterocycles. The SMILES string of the molecule is [N-]=[N+]=[N-].c1c[nH+]c[nH]1. The molecule has 0 fully saturated rings. The van der Waals surface area contributed by atoms with E-state index in [4.69, 9.17) is 11.1 Å². The zero-order valence-electron chi connectivity index (χ0n) is 4.07. The first-order valence-electron chi connectivity index (χ1n) is 1.89. The fourth-order valence-corrected chi connectivity index (χ4v) is 0.241. The van der Waals surface area contributed by atoms with Gasteiger partial charge in [-0.05, 0) is 0 Å². The Labute approximate surface area is 45.8 Å². The van der Waals surface area contributed by atoms with E-state index in [1.165, 1.54) is 4.91 Å². The van der Waals surface area contributed by atoms with E-state index >= 15 is 0 Å². The summed E-state index contributed by atoms with van der Waals surface area (Å²) in [6.07, 6.45) is 5.39. The molecule has 0 aliphatic rings. The molecule has 0 spiro atoms. The normalized spacial score (nSPS) is 6.00. The second kappa shape index (κ2) is 5.52. The fraction of sp³-hybridized carbons (Fsp3) is 0. The lowest BCUT2D eigenvalue weighted by Gasteiger charge is -1.37. The van der Waals surface area contributed by atoms with E-state index in [1.807, 2.05) is 12.4 Å². The Balaban J connectivity index is 0.000000145. The maximum Gasteiger partial charge on any atom is 0.239 e. The average molecular weight is 111 g/mol. The van der Waals surface area contributed by atoms with Crippen LogP contribution in [-0.2, 0) is 0 Å². The average Bonchev–Trinajstić information content (AvgIpc) is 2.17. The molecule has 2 N–H and O–H groups in total. The molecule has 0 aliphatic heterocycles. The molecule has 0 aliphatic carbocycles. The van der Waals surface area contributed by atoms with E-state index in [0.717, 1.165) is 0 Å². The third-order valence-corrected chi connectivity index (χ3v) is 0.442. The minimum absolute atomic E-state index is 1.50. The minimum Gasteiger partial charge on any atom is -0.373 e. The van der Waals surface area contributed by atoms with Gasteiger partial charge in [0.05, 0.1) is 0 Å². The van der Waals surface area contributed by atoms with E-state index in [1.54, 1.807) is 6.33 Å². The van der Waals surface area contributed by atoms with Crippen molar-refractivity contribution >= 4 is 0 Å². The van der Waals surface area contributed by atoms with E-state index in [-0.39, 0.29) is 0 Å². The predicted molar refractivity (Wildman–Crippen MR) is 27.4 cm³/mol. The molecule has 5 nitrogen and oxygen atoms in total. The number of hydrogen-bond donors (Lipinski definition) is 1. The monoisotopic (exact) mass is 111 g/mol. The van der Waals surface area contributed by atoms with Crippen LogP contribution in [0.4, 0.5) is 0 Å². The van der Waals surface area contributed by atoms with Crippen LogP contribution in [0.2, 0.25) is 0 Å². The quantitative estimate of drug-likeness (QED) is 0.290. The third kappa shape index (κ3) is 4.52. The molecule has 0 atom stereocenters. The Morgan fingerprint density at radius 3 is 2.25 bits per heavy atom. The van der Waals surface area contributed by atoms with E-state index in [0.29, 0.717) is 0 Å². The Hall–Kier alpha value is -1.48. The van der Waals surface area contributed by atoms with Crippen LogP contribution < -0.4 is 4.98 Å². The van der Waals surface area contributed by atoms with Crippen LogP contribution in [0.3, 0.4) is 0 Å². The van der Waals surface area contributed by atoms with Crippen molar-refractivity contribution in [3.05, 3.63) is 34.7 Å². The standard InChI is InChI=1S/C3H4N2.N3/c1-2-5-3-4-1;1-3-2/h1-3H,(H,4,5);/q;-1/p+1. The molecule has 0 radical (unpaired) electrons. The largest absolute Gasteiger partial charge is 0.373 e. The minimum atomic E-state index is 1.50. The maximum atomic E-state index is 6.75. The van der Waals surface area contributed by atoms with Crippen molar-refractivity contribution in [2.75, 3.05) is 0 Å². The Morgan fingerprint density at radius 1 is 1.50 bits per heavy atom. The molecule has 0 unspecified atom stereocenters. The molecule has 0 saturated carbocycles. The summed E-state index contributed by atoms with van der Waals surface area (Å²) < 4.78 is 0. The zero-order chi connectivity index (χ0) is 6.24. The first-order chi connectivity index (χ1) is 3.91. The summed E-state index contributed by atoms with van der Waals surface area (Å²) in [5.74, 6) is 0. The van der Waals surface area contributed by atoms with Crippen molar-refractivity contribution in [1.29, 1.82) is 0 Å². The van der Waals surface area contributed by atoms with Crippen molar-refractivity contribution in [1.82, 2.24) is 4.98 Å². The first-order valence-corrected chi connectivity index (χ1v) is 1.89. The topological polar surface area (TPSA) is 88.6 Å². The second-order valence-electron chi connectivity index (χ2n) is 0.900. The number of rotatable bonds is 0. The van der Waals surface area contributed by atoms with Crippen LogP contribution >= 0.6 is 0 Å². The summed E-state index contributed by atoms with van der Waals surface area (Å²) >= 11 is 0. The molecule has 42 valence electrons. The van der Waals surface area contributed by atoms with Crippen molar-refractivity contribution in [3.63, 3.8) is 0 Å². The maximum absolute atomic E-state index is 6.75. The molecule has 8 heavy (non-hydrogen) atoms. The van der Waals surface area contributed by atoms with Gasteiger partial charge in [-0.2, -0.15) is 0 Å². The van der Waals surface area contributed by atoms with Gasteiger partial charge in [-0.3, -0.25) is 14.9 Å². The number of H-pyrrole nitrogens is 2. The van der Waals surface area contributed by atoms with Crippen LogP contribution in [0.25, 0.3) is 16.0 Å². The van der Waals surface area contributed by atoms with Crippen molar-refractivity contribution < 1.29 is 4.98 Å². The van der Waals surface area contributed by atoms with Crippen LogP contribution in [0.5, 0.6) is 0 Å². The van der Waals surface area contributed by atoms with E-state index < -0.39 is 0 Å². The van der Waals surface area contributed by atoms with Gasteiger partial charge in [-0.15, -0.1) is 0 Å². The summed E-state index contributed by atoms with van der Waals surface area (Å²) in [7, 11) is 0. The molecule has 0 bridgehead atoms. The highest BCUT2D eigenvalue weighted by molar-refractivity contribution is 4.52. The van der Waals surface area contributed by atoms with Gasteiger partial charge in [0.2, 0.25) is 6.33 Å². The lowest BCUT2D eigenvalue weighted by atomic mass is 11.0. The molecule has 0 saturated heterocycles. The van der Waals surface area contributed by atoms with Gasteiger partial charge in [0.15, 0.2) is 0 Å². The van der Waals surface area contributed by atoms with Crippen molar-refractivity contribution in [2.45, 2.75) is 0 Å². The molecular formula is C3H5N5. The Bertz CT molecular complexity index is 119. The third-order valence-electron chi connectivity index (χ3n) is 0.442. The summed E-state index contributed by atoms with van der Waals surface area (Å²) in [5.41, 5.74) is 13.5. The summed E-state index contributed by atoms with van der Waals surface area (Å²) in [5, 5.41) is 0. The van der Waals surface area contributed by atoms with Gasteiger partial charge in [-0.1, -0.05) is 0 Å². The zero-order valence-corrected chi connectivity index (χ0v) is 4.07. The smallest absolute Gasteiger partial charge is 0.239 e. The summed E-state index contributed by atoms with van der Waals surface area (Å²) in [6, 6.07) is 0. The number of imidazole rings is 1. The molecular weight excluding hydrogens is 106 g/mol. The van der Waals surface area contributed by atoms with Gasteiger partial charge in [0.25, 0.3) is 0 Å². The second-order valence-corrected chi connectivity index (χ2v) is 0.900. The van der Waals surface area contributed by atoms with Gasteiger partial charge < -0.3 is 11.1 Å². The van der Waals surface area contributed by atoms with E-state index in [9.17, 15) is 0 Å². The van der Waals surface area contributed by atoms with Gasteiger partial charge in [0, 0.05) is 0 Å². The van der Waals surface area contributed by atoms with Gasteiger partial charge in [-0.25, -0.2) is 0 Å². The number of aromatic nitrogens is 2. The number of nitrogens with one attached hydrogen (secondary N) is 2. The molecule has 5 heteroatoms. The van der Waals surface area contributed by atoms with Crippen LogP contribution in [0, 0.1) is 0 Å². The lowest BCUT2D eigenvalue weighted by molar-refractivity contribution is -0.375. The highest BCUT2D eigenvalue weighted by Crippen LogP contribution is 1.53. The van der Waals surface area contributed by atoms with Crippen molar-refractivity contribution in [2.24, 2.45) is 0 Å². The predicted octanol–water partition coefficient (Wildman–Crippen LogP) is 0.695. The van der Waals surface area contributed by atoms with Gasteiger partial charge >= 0.3 is 0 Å². The summed E-state index contributed by atoms with van der Waals surface area (Å²) in [6.45, 7) is 0. The lowest BCUT2D eigenvalue weighted by Crippen LogP contribution is -1.87. The highest BCUT2D eigenvalue weighted by atomic mass is 15.0. The number of hydrogen-bond acceptors (Lipinski definition) is 0. The number of nitrogens with zero attached hydrogens (tertiary/aromatic N) is 3. The first kappa shape index (κ1) is 6.52. The van der Waals surface area contributed by atoms with Crippen molar-refractivity contribution in [3.8, 4) is 0 Å². The van der Waals surface area contributed by atoms with Gasteiger partial charge in [0.1, 0.15) is 12.4 Å². The number of aromatic amines is 2. The Morgan fingerprint density at radius 2 is 2.12 bits per heavy atom.